The molecule has 18 heavy (non-hydrogen) atoms. The molecule has 1 saturated carbocycles. The zero-order chi connectivity index (χ0) is 12.8. The van der Waals surface area contributed by atoms with Crippen LogP contribution in [0.4, 0.5) is 0 Å². The van der Waals surface area contributed by atoms with Gasteiger partial charge in [0.05, 0.1) is 5.92 Å². The van der Waals surface area contributed by atoms with Crippen molar-refractivity contribution in [2.24, 2.45) is 17.8 Å². The van der Waals surface area contributed by atoms with Gasteiger partial charge in [-0.2, -0.15) is 0 Å². The molecule has 1 heterocycles. The van der Waals surface area contributed by atoms with Crippen molar-refractivity contribution in [2.75, 3.05) is 26.3 Å². The Labute approximate surface area is 109 Å². The number of carbonyl (C=O) groups is 1. The molecule has 4 heteroatoms. The van der Waals surface area contributed by atoms with Crippen LogP contribution in [0.1, 0.15) is 38.5 Å². The first kappa shape index (κ1) is 13.8. The van der Waals surface area contributed by atoms with E-state index in [2.05, 4.69) is 5.32 Å². The zero-order valence-electron chi connectivity index (χ0n) is 11.1. The van der Waals surface area contributed by atoms with Gasteiger partial charge in [0.25, 0.3) is 0 Å². The second kappa shape index (κ2) is 7.10. The lowest BCUT2D eigenvalue weighted by molar-refractivity contribution is -0.144. The van der Waals surface area contributed by atoms with Gasteiger partial charge in [0, 0.05) is 13.2 Å². The smallest absolute Gasteiger partial charge is 0.306 e. The fourth-order valence-corrected chi connectivity index (χ4v) is 3.20. The molecule has 0 radical (unpaired) electrons. The Morgan fingerprint density at radius 1 is 1.11 bits per heavy atom. The Morgan fingerprint density at radius 3 is 2.56 bits per heavy atom. The lowest BCUT2D eigenvalue weighted by Gasteiger charge is -2.30. The van der Waals surface area contributed by atoms with Crippen LogP contribution in [0.3, 0.4) is 0 Å². The Balaban J connectivity index is 1.69. The summed E-state index contributed by atoms with van der Waals surface area (Å²) in [6.45, 7) is 3.65. The van der Waals surface area contributed by atoms with Gasteiger partial charge in [-0.25, -0.2) is 0 Å². The monoisotopic (exact) mass is 255 g/mol. The molecule has 2 N–H and O–H groups in total. The Kier molecular flexibility index (Phi) is 5.45. The van der Waals surface area contributed by atoms with Crippen LogP contribution in [-0.4, -0.2) is 37.4 Å². The number of rotatable bonds is 5. The van der Waals surface area contributed by atoms with Crippen molar-refractivity contribution in [2.45, 2.75) is 38.5 Å². The summed E-state index contributed by atoms with van der Waals surface area (Å²) in [5, 5.41) is 12.7. The number of hydrogen-bond donors (Lipinski definition) is 2. The highest BCUT2D eigenvalue weighted by atomic mass is 16.5. The lowest BCUT2D eigenvalue weighted by atomic mass is 9.79. The van der Waals surface area contributed by atoms with Gasteiger partial charge in [-0.1, -0.05) is 12.8 Å². The van der Waals surface area contributed by atoms with Gasteiger partial charge in [-0.05, 0) is 50.6 Å². The summed E-state index contributed by atoms with van der Waals surface area (Å²) in [7, 11) is 0. The number of ether oxygens (including phenoxy) is 1. The van der Waals surface area contributed by atoms with E-state index in [0.717, 1.165) is 58.4 Å². The molecular formula is C14H25NO3. The highest BCUT2D eigenvalue weighted by Crippen LogP contribution is 2.29. The van der Waals surface area contributed by atoms with Crippen LogP contribution < -0.4 is 5.32 Å². The van der Waals surface area contributed by atoms with Crippen LogP contribution in [0.5, 0.6) is 0 Å². The molecule has 2 rings (SSSR count). The molecule has 2 aliphatic rings. The summed E-state index contributed by atoms with van der Waals surface area (Å²) in [5.74, 6) is 0.315. The minimum Gasteiger partial charge on any atom is -0.481 e. The van der Waals surface area contributed by atoms with Gasteiger partial charge >= 0.3 is 5.97 Å². The quantitative estimate of drug-likeness (QED) is 0.787. The van der Waals surface area contributed by atoms with Crippen molar-refractivity contribution in [3.8, 4) is 0 Å². The number of aliphatic carboxylic acids is 1. The molecule has 2 fully saturated rings. The van der Waals surface area contributed by atoms with Crippen molar-refractivity contribution < 1.29 is 14.6 Å². The number of carboxylic acids is 1. The van der Waals surface area contributed by atoms with Crippen molar-refractivity contribution in [3.63, 3.8) is 0 Å². The third-order valence-corrected chi connectivity index (χ3v) is 4.41. The van der Waals surface area contributed by atoms with E-state index in [-0.39, 0.29) is 5.92 Å². The van der Waals surface area contributed by atoms with Crippen molar-refractivity contribution in [1.82, 2.24) is 5.32 Å². The van der Waals surface area contributed by atoms with E-state index in [4.69, 9.17) is 4.74 Å². The highest BCUT2D eigenvalue weighted by Gasteiger charge is 2.30. The highest BCUT2D eigenvalue weighted by molar-refractivity contribution is 5.70. The second-order valence-corrected chi connectivity index (χ2v) is 5.70. The standard InChI is InChI=1S/C14H25NO3/c16-14(17)13-4-2-1-3-12(13)10-15-9-11-5-7-18-8-6-11/h11-13,15H,1-10H2,(H,16,17). The third kappa shape index (κ3) is 3.95. The third-order valence-electron chi connectivity index (χ3n) is 4.41. The molecule has 4 nitrogen and oxygen atoms in total. The molecule has 2 unspecified atom stereocenters. The Morgan fingerprint density at radius 2 is 1.83 bits per heavy atom. The summed E-state index contributed by atoms with van der Waals surface area (Å²) in [4.78, 5) is 11.2. The predicted molar refractivity (Wildman–Crippen MR) is 69.5 cm³/mol. The maximum absolute atomic E-state index is 11.2. The van der Waals surface area contributed by atoms with E-state index < -0.39 is 5.97 Å². The molecule has 104 valence electrons. The summed E-state index contributed by atoms with van der Waals surface area (Å²) in [6, 6.07) is 0. The van der Waals surface area contributed by atoms with Crippen LogP contribution in [-0.2, 0) is 9.53 Å². The molecule has 1 aliphatic heterocycles. The summed E-state index contributed by atoms with van der Waals surface area (Å²) in [6.07, 6.45) is 6.47. The maximum Gasteiger partial charge on any atom is 0.306 e. The molecule has 0 aromatic heterocycles. The normalized spacial score (nSPS) is 30.2. The van der Waals surface area contributed by atoms with E-state index in [1.807, 2.05) is 0 Å². The van der Waals surface area contributed by atoms with Crippen molar-refractivity contribution in [3.05, 3.63) is 0 Å². The average Bonchev–Trinajstić information content (AvgIpc) is 2.40. The van der Waals surface area contributed by atoms with Crippen LogP contribution in [0, 0.1) is 17.8 Å². The van der Waals surface area contributed by atoms with E-state index in [9.17, 15) is 9.90 Å². The minimum atomic E-state index is -0.604. The molecule has 0 spiro atoms. The van der Waals surface area contributed by atoms with Gasteiger partial charge in [0.2, 0.25) is 0 Å². The molecule has 0 bridgehead atoms. The Bertz CT molecular complexity index is 264. The largest absolute Gasteiger partial charge is 0.481 e. The Hall–Kier alpha value is -0.610. The van der Waals surface area contributed by atoms with Crippen LogP contribution >= 0.6 is 0 Å². The number of hydrogen-bond acceptors (Lipinski definition) is 3. The van der Waals surface area contributed by atoms with E-state index in [1.165, 1.54) is 6.42 Å². The number of carboxylic acid groups (broad SMARTS) is 1. The van der Waals surface area contributed by atoms with Gasteiger partial charge < -0.3 is 15.2 Å². The van der Waals surface area contributed by atoms with Crippen LogP contribution in [0.15, 0.2) is 0 Å². The van der Waals surface area contributed by atoms with Crippen molar-refractivity contribution >= 4 is 5.97 Å². The van der Waals surface area contributed by atoms with E-state index in [1.54, 1.807) is 0 Å². The lowest BCUT2D eigenvalue weighted by Crippen LogP contribution is -2.37. The first-order chi connectivity index (χ1) is 8.77. The topological polar surface area (TPSA) is 58.6 Å². The van der Waals surface area contributed by atoms with Gasteiger partial charge in [0.1, 0.15) is 0 Å². The average molecular weight is 255 g/mol. The molecular weight excluding hydrogens is 230 g/mol. The zero-order valence-corrected chi connectivity index (χ0v) is 11.1. The molecule has 0 aromatic carbocycles. The first-order valence-corrected chi connectivity index (χ1v) is 7.28. The van der Waals surface area contributed by atoms with Gasteiger partial charge in [0.15, 0.2) is 0 Å². The van der Waals surface area contributed by atoms with E-state index in [0.29, 0.717) is 11.8 Å². The minimum absolute atomic E-state index is 0.124. The summed E-state index contributed by atoms with van der Waals surface area (Å²) in [5.41, 5.74) is 0. The summed E-state index contributed by atoms with van der Waals surface area (Å²) >= 11 is 0. The van der Waals surface area contributed by atoms with Crippen molar-refractivity contribution in [1.29, 1.82) is 0 Å². The fraction of sp³-hybridized carbons (Fsp3) is 0.929. The molecule has 1 saturated heterocycles. The predicted octanol–water partition coefficient (Wildman–Crippen LogP) is 1.89. The molecule has 2 atom stereocenters. The second-order valence-electron chi connectivity index (χ2n) is 5.70. The summed E-state index contributed by atoms with van der Waals surface area (Å²) < 4.78 is 5.34. The SMILES string of the molecule is O=C(O)C1CCCCC1CNCC1CCOCC1. The van der Waals surface area contributed by atoms with Gasteiger partial charge in [-0.3, -0.25) is 4.79 Å². The molecule has 0 amide bonds. The first-order valence-electron chi connectivity index (χ1n) is 7.28. The maximum atomic E-state index is 11.2. The fourth-order valence-electron chi connectivity index (χ4n) is 3.20. The van der Waals surface area contributed by atoms with Crippen LogP contribution in [0.25, 0.3) is 0 Å². The number of nitrogens with one attached hydrogen (secondary N) is 1. The molecule has 0 aromatic rings. The van der Waals surface area contributed by atoms with Gasteiger partial charge in [-0.15, -0.1) is 0 Å². The van der Waals surface area contributed by atoms with Crippen LogP contribution in [0.2, 0.25) is 0 Å². The van der Waals surface area contributed by atoms with E-state index >= 15 is 0 Å². The molecule has 1 aliphatic carbocycles.